The van der Waals surface area contributed by atoms with Crippen molar-refractivity contribution in [2.45, 2.75) is 25.8 Å². The van der Waals surface area contributed by atoms with Crippen LogP contribution in [0.4, 0.5) is 8.78 Å². The van der Waals surface area contributed by atoms with E-state index in [1.165, 1.54) is 4.57 Å². The molecule has 35 heavy (non-hydrogen) atoms. The summed E-state index contributed by atoms with van der Waals surface area (Å²) in [5.41, 5.74) is -0.695. The second-order valence-electron chi connectivity index (χ2n) is 8.18. The number of benzene rings is 2. The number of fused-ring (bicyclic) bond motifs is 2. The van der Waals surface area contributed by atoms with Crippen LogP contribution >= 0.6 is 11.3 Å². The van der Waals surface area contributed by atoms with E-state index in [1.54, 1.807) is 32.2 Å². The molecule has 0 N–H and O–H groups in total. The van der Waals surface area contributed by atoms with E-state index in [1.807, 2.05) is 0 Å². The number of hydrogen-bond donors (Lipinski definition) is 0. The van der Waals surface area contributed by atoms with Gasteiger partial charge in [0.05, 0.1) is 28.6 Å². The van der Waals surface area contributed by atoms with E-state index in [2.05, 4.69) is 0 Å². The van der Waals surface area contributed by atoms with Gasteiger partial charge in [-0.2, -0.15) is 0 Å². The maximum atomic E-state index is 14.4. The number of aryl methyl sites for hydroxylation is 1. The number of carbonyl (C=O) groups is 1. The summed E-state index contributed by atoms with van der Waals surface area (Å²) in [6.07, 6.45) is 1.48. The van der Waals surface area contributed by atoms with E-state index < -0.39 is 40.5 Å². The van der Waals surface area contributed by atoms with Crippen LogP contribution in [0.1, 0.15) is 40.9 Å². The Balaban J connectivity index is 1.78. The molecular weight excluding hydrogens is 480 g/mol. The molecule has 0 spiro atoms. The molecule has 1 atom stereocenters. The van der Waals surface area contributed by atoms with Gasteiger partial charge in [-0.1, -0.05) is 11.3 Å². The quantitative estimate of drug-likeness (QED) is 0.403. The molecule has 0 bridgehead atoms. The molecule has 8 nitrogen and oxygen atoms in total. The van der Waals surface area contributed by atoms with Gasteiger partial charge in [-0.3, -0.25) is 18.7 Å². The van der Waals surface area contributed by atoms with Crippen LogP contribution in [-0.2, 0) is 18.2 Å². The Morgan fingerprint density at radius 2 is 1.94 bits per heavy atom. The molecule has 4 aromatic rings. The lowest BCUT2D eigenvalue weighted by atomic mass is 10.1. The van der Waals surface area contributed by atoms with Crippen molar-refractivity contribution in [2.75, 3.05) is 6.61 Å². The molecule has 0 radical (unpaired) electrons. The first kappa shape index (κ1) is 22.9. The summed E-state index contributed by atoms with van der Waals surface area (Å²) in [6.45, 7) is 1.58. The summed E-state index contributed by atoms with van der Waals surface area (Å²) >= 11 is 0.987. The zero-order chi connectivity index (χ0) is 25.0. The van der Waals surface area contributed by atoms with Crippen LogP contribution in [0.2, 0.25) is 0 Å². The normalized spacial score (nSPS) is 14.9. The molecule has 2 aromatic heterocycles. The van der Waals surface area contributed by atoms with E-state index in [4.69, 9.17) is 4.74 Å². The Hall–Kier alpha value is -3.86. The summed E-state index contributed by atoms with van der Waals surface area (Å²) in [7, 11) is 1.63. The van der Waals surface area contributed by atoms with Gasteiger partial charge >= 0.3 is 16.5 Å². The van der Waals surface area contributed by atoms with Crippen LogP contribution < -0.4 is 16.1 Å². The molecule has 2 heterocycles. The first-order valence-corrected chi connectivity index (χ1v) is 11.7. The summed E-state index contributed by atoms with van der Waals surface area (Å²) in [5.74, 6) is -2.50. The SMILES string of the molecule is CCOC(=O)c1cn(-c2ccc3c(c2)sc(=O)n3C)c(=O)n(C2CCc3c(F)cc(F)cc32)c1=O. The predicted octanol–water partition coefficient (Wildman–Crippen LogP) is 2.90. The number of thiazole rings is 1. The molecule has 1 aliphatic carbocycles. The molecule has 0 saturated carbocycles. The van der Waals surface area contributed by atoms with Crippen molar-refractivity contribution in [1.29, 1.82) is 0 Å². The number of carbonyl (C=O) groups excluding carboxylic acids is 1. The van der Waals surface area contributed by atoms with Crippen LogP contribution in [0.5, 0.6) is 0 Å². The molecular formula is C24H19F2N3O5S. The second kappa shape index (κ2) is 8.42. The average molecular weight is 499 g/mol. The van der Waals surface area contributed by atoms with E-state index in [-0.39, 0.29) is 35.4 Å². The zero-order valence-electron chi connectivity index (χ0n) is 18.7. The highest BCUT2D eigenvalue weighted by atomic mass is 32.1. The smallest absolute Gasteiger partial charge is 0.345 e. The number of nitrogens with zero attached hydrogens (tertiary/aromatic N) is 3. The van der Waals surface area contributed by atoms with Gasteiger partial charge in [-0.25, -0.2) is 18.4 Å². The van der Waals surface area contributed by atoms with Gasteiger partial charge in [0.1, 0.15) is 17.2 Å². The molecule has 2 aromatic carbocycles. The lowest BCUT2D eigenvalue weighted by Crippen LogP contribution is -2.44. The van der Waals surface area contributed by atoms with E-state index in [9.17, 15) is 28.0 Å². The van der Waals surface area contributed by atoms with Crippen molar-refractivity contribution in [3.8, 4) is 5.69 Å². The number of aromatic nitrogens is 3. The minimum absolute atomic E-state index is 0.00398. The lowest BCUT2D eigenvalue weighted by Gasteiger charge is -2.18. The standard InChI is InChI=1S/C24H19F2N3O5S/c1-3-34-22(31)16-11-28(13-4-6-19-20(10-13)35-24(33)27(19)2)23(32)29(21(16)30)18-7-5-14-15(18)8-12(25)9-17(14)26/h4,6,8-11,18H,3,5,7H2,1-2H3. The molecule has 1 unspecified atom stereocenters. The first-order chi connectivity index (χ1) is 16.7. The van der Waals surface area contributed by atoms with Crippen molar-refractivity contribution >= 4 is 27.5 Å². The van der Waals surface area contributed by atoms with Gasteiger partial charge in [0.15, 0.2) is 0 Å². The van der Waals surface area contributed by atoms with E-state index >= 15 is 0 Å². The molecule has 0 aliphatic heterocycles. The number of esters is 1. The van der Waals surface area contributed by atoms with Crippen molar-refractivity contribution in [2.24, 2.45) is 7.05 Å². The van der Waals surface area contributed by atoms with Gasteiger partial charge in [-0.15, -0.1) is 0 Å². The van der Waals surface area contributed by atoms with Crippen LogP contribution in [0.3, 0.4) is 0 Å². The molecule has 0 saturated heterocycles. The highest BCUT2D eigenvalue weighted by molar-refractivity contribution is 7.16. The Morgan fingerprint density at radius 1 is 1.17 bits per heavy atom. The molecule has 0 amide bonds. The van der Waals surface area contributed by atoms with Gasteiger partial charge in [0, 0.05) is 19.3 Å². The third kappa shape index (κ3) is 3.63. The van der Waals surface area contributed by atoms with Crippen molar-refractivity contribution in [3.63, 3.8) is 0 Å². The van der Waals surface area contributed by atoms with Gasteiger partial charge in [0.2, 0.25) is 0 Å². The zero-order valence-corrected chi connectivity index (χ0v) is 19.5. The molecule has 11 heteroatoms. The maximum Gasteiger partial charge on any atom is 0.345 e. The molecule has 180 valence electrons. The topological polar surface area (TPSA) is 92.3 Å². The molecule has 5 rings (SSSR count). The number of halogens is 2. The van der Waals surface area contributed by atoms with Crippen molar-refractivity contribution in [3.05, 3.63) is 95.4 Å². The Kier molecular flexibility index (Phi) is 5.51. The van der Waals surface area contributed by atoms with E-state index in [0.717, 1.165) is 38.8 Å². The fourth-order valence-electron chi connectivity index (χ4n) is 4.54. The summed E-state index contributed by atoms with van der Waals surface area (Å²) < 4.78 is 37.5. The van der Waals surface area contributed by atoms with E-state index in [0.29, 0.717) is 15.9 Å². The predicted molar refractivity (Wildman–Crippen MR) is 126 cm³/mol. The van der Waals surface area contributed by atoms with Crippen LogP contribution in [0.15, 0.2) is 50.9 Å². The largest absolute Gasteiger partial charge is 0.462 e. The third-order valence-corrected chi connectivity index (χ3v) is 7.20. The number of rotatable bonds is 4. The summed E-state index contributed by atoms with van der Waals surface area (Å²) in [6, 6.07) is 5.75. The van der Waals surface area contributed by atoms with Crippen LogP contribution in [0.25, 0.3) is 15.9 Å². The first-order valence-electron chi connectivity index (χ1n) is 10.8. The van der Waals surface area contributed by atoms with Gasteiger partial charge in [0.25, 0.3) is 5.56 Å². The van der Waals surface area contributed by atoms with Gasteiger partial charge < -0.3 is 9.30 Å². The Morgan fingerprint density at radius 3 is 2.69 bits per heavy atom. The highest BCUT2D eigenvalue weighted by Crippen LogP contribution is 2.35. The third-order valence-electron chi connectivity index (χ3n) is 6.20. The van der Waals surface area contributed by atoms with Crippen molar-refractivity contribution in [1.82, 2.24) is 13.7 Å². The average Bonchev–Trinajstić information content (AvgIpc) is 3.34. The monoisotopic (exact) mass is 499 g/mol. The maximum absolute atomic E-state index is 14.4. The van der Waals surface area contributed by atoms with Crippen LogP contribution in [0, 0.1) is 11.6 Å². The minimum atomic E-state index is -0.965. The van der Waals surface area contributed by atoms with Gasteiger partial charge in [-0.05, 0) is 55.2 Å². The lowest BCUT2D eigenvalue weighted by molar-refractivity contribution is 0.0522. The second-order valence-corrected chi connectivity index (χ2v) is 9.17. The van der Waals surface area contributed by atoms with Crippen molar-refractivity contribution < 1.29 is 18.3 Å². The Bertz CT molecular complexity index is 1700. The highest BCUT2D eigenvalue weighted by Gasteiger charge is 2.32. The molecule has 1 aliphatic rings. The summed E-state index contributed by atoms with van der Waals surface area (Å²) in [4.78, 5) is 51.5. The van der Waals surface area contributed by atoms with Crippen LogP contribution in [-0.4, -0.2) is 26.3 Å². The fourth-order valence-corrected chi connectivity index (χ4v) is 5.46. The summed E-state index contributed by atoms with van der Waals surface area (Å²) in [5, 5.41) is 0. The fraction of sp³-hybridized carbons (Fsp3) is 0.250. The molecule has 0 fully saturated rings. The number of hydrogen-bond acceptors (Lipinski definition) is 6. The Labute approximate surface area is 200 Å². The minimum Gasteiger partial charge on any atom is -0.462 e. The number of ether oxygens (including phenoxy) is 1.